The maximum Gasteiger partial charge on any atom is 0.311 e. The van der Waals surface area contributed by atoms with E-state index in [1.807, 2.05) is 30.3 Å². The van der Waals surface area contributed by atoms with Gasteiger partial charge < -0.3 is 4.74 Å². The predicted molar refractivity (Wildman–Crippen MR) is 71.9 cm³/mol. The number of ether oxygens (including phenoxy) is 1. The fraction of sp³-hybridized carbons (Fsp3) is 0.133. The molecule has 0 radical (unpaired) electrons. The minimum atomic E-state index is -0.271. The summed E-state index contributed by atoms with van der Waals surface area (Å²) in [6.45, 7) is 0. The fourth-order valence-electron chi connectivity index (χ4n) is 1.59. The molecule has 2 rings (SSSR count). The second-order valence-corrected chi connectivity index (χ2v) is 4.30. The number of aryl methyl sites for hydroxylation is 1. The number of esters is 1. The van der Waals surface area contributed by atoms with Gasteiger partial charge in [0.2, 0.25) is 0 Å². The molecule has 0 aliphatic heterocycles. The van der Waals surface area contributed by atoms with Crippen LogP contribution in [0.25, 0.3) is 0 Å². The lowest BCUT2D eigenvalue weighted by Gasteiger charge is -2.05. The van der Waals surface area contributed by atoms with Crippen molar-refractivity contribution in [2.24, 2.45) is 0 Å². The highest BCUT2D eigenvalue weighted by atomic mass is 35.5. The Kier molecular flexibility index (Phi) is 4.37. The molecule has 0 atom stereocenters. The zero-order valence-corrected chi connectivity index (χ0v) is 10.6. The van der Waals surface area contributed by atoms with Crippen molar-refractivity contribution in [3.05, 3.63) is 65.2 Å². The van der Waals surface area contributed by atoms with Crippen LogP contribution in [0.4, 0.5) is 0 Å². The van der Waals surface area contributed by atoms with E-state index in [0.29, 0.717) is 23.6 Å². The molecule has 0 fully saturated rings. The predicted octanol–water partition coefficient (Wildman–Crippen LogP) is 3.88. The van der Waals surface area contributed by atoms with Gasteiger partial charge in [-0.2, -0.15) is 0 Å². The molecule has 18 heavy (non-hydrogen) atoms. The van der Waals surface area contributed by atoms with Crippen molar-refractivity contribution in [2.45, 2.75) is 12.8 Å². The van der Waals surface area contributed by atoms with Crippen LogP contribution >= 0.6 is 11.6 Å². The van der Waals surface area contributed by atoms with E-state index in [2.05, 4.69) is 0 Å². The number of carbonyl (C=O) groups excluding carboxylic acids is 1. The van der Waals surface area contributed by atoms with Crippen molar-refractivity contribution >= 4 is 17.6 Å². The number of hydrogen-bond acceptors (Lipinski definition) is 2. The maximum absolute atomic E-state index is 11.7. The molecule has 2 aromatic carbocycles. The van der Waals surface area contributed by atoms with Crippen LogP contribution in [0, 0.1) is 0 Å². The highest BCUT2D eigenvalue weighted by molar-refractivity contribution is 6.32. The van der Waals surface area contributed by atoms with Gasteiger partial charge in [0.1, 0.15) is 5.75 Å². The van der Waals surface area contributed by atoms with Crippen molar-refractivity contribution in [3.8, 4) is 5.75 Å². The van der Waals surface area contributed by atoms with Gasteiger partial charge in [0, 0.05) is 6.42 Å². The number of hydrogen-bond donors (Lipinski definition) is 0. The summed E-state index contributed by atoms with van der Waals surface area (Å²) >= 11 is 5.91. The first kappa shape index (κ1) is 12.7. The highest BCUT2D eigenvalue weighted by Crippen LogP contribution is 2.23. The van der Waals surface area contributed by atoms with Crippen LogP contribution in [-0.4, -0.2) is 5.97 Å². The van der Waals surface area contributed by atoms with Crippen LogP contribution in [0.15, 0.2) is 54.6 Å². The lowest BCUT2D eigenvalue weighted by atomic mass is 10.1. The van der Waals surface area contributed by atoms with Crippen molar-refractivity contribution in [1.29, 1.82) is 0 Å². The van der Waals surface area contributed by atoms with E-state index in [9.17, 15) is 4.79 Å². The van der Waals surface area contributed by atoms with Gasteiger partial charge in [0.25, 0.3) is 0 Å². The van der Waals surface area contributed by atoms with Gasteiger partial charge in [-0.05, 0) is 24.1 Å². The van der Waals surface area contributed by atoms with Crippen LogP contribution in [-0.2, 0) is 11.2 Å². The molecule has 2 aromatic rings. The topological polar surface area (TPSA) is 26.3 Å². The van der Waals surface area contributed by atoms with E-state index >= 15 is 0 Å². The lowest BCUT2D eigenvalue weighted by molar-refractivity contribution is -0.134. The van der Waals surface area contributed by atoms with E-state index in [-0.39, 0.29) is 5.97 Å². The Hall–Kier alpha value is -1.80. The van der Waals surface area contributed by atoms with Gasteiger partial charge in [0.15, 0.2) is 0 Å². The Balaban J connectivity index is 1.88. The molecule has 92 valence electrons. The number of halogens is 1. The zero-order chi connectivity index (χ0) is 12.8. The average Bonchev–Trinajstić information content (AvgIpc) is 2.40. The number of rotatable bonds is 4. The largest absolute Gasteiger partial charge is 0.425 e. The molecule has 0 aromatic heterocycles. The average molecular weight is 261 g/mol. The van der Waals surface area contributed by atoms with Gasteiger partial charge in [-0.25, -0.2) is 0 Å². The van der Waals surface area contributed by atoms with Crippen LogP contribution in [0.3, 0.4) is 0 Å². The molecule has 0 bridgehead atoms. The SMILES string of the molecule is O=C(CCc1ccccc1)Oc1ccccc1Cl. The second-order valence-electron chi connectivity index (χ2n) is 3.89. The summed E-state index contributed by atoms with van der Waals surface area (Å²) in [7, 11) is 0. The first-order chi connectivity index (χ1) is 8.75. The summed E-state index contributed by atoms with van der Waals surface area (Å²) in [5.41, 5.74) is 1.12. The van der Waals surface area contributed by atoms with Crippen molar-refractivity contribution < 1.29 is 9.53 Å². The first-order valence-electron chi connectivity index (χ1n) is 5.75. The third-order valence-corrected chi connectivity index (χ3v) is 2.83. The standard InChI is InChI=1S/C15H13ClO2/c16-13-8-4-5-9-14(13)18-15(17)11-10-12-6-2-1-3-7-12/h1-9H,10-11H2. The summed E-state index contributed by atoms with van der Waals surface area (Å²) < 4.78 is 5.20. The molecule has 0 aliphatic rings. The first-order valence-corrected chi connectivity index (χ1v) is 6.12. The quantitative estimate of drug-likeness (QED) is 0.616. The van der Waals surface area contributed by atoms with Gasteiger partial charge in [-0.1, -0.05) is 54.1 Å². The van der Waals surface area contributed by atoms with E-state index in [4.69, 9.17) is 16.3 Å². The van der Waals surface area contributed by atoms with Crippen LogP contribution < -0.4 is 4.74 Å². The number of para-hydroxylation sites is 1. The molecule has 0 N–H and O–H groups in total. The molecule has 3 heteroatoms. The monoisotopic (exact) mass is 260 g/mol. The fourth-order valence-corrected chi connectivity index (χ4v) is 1.77. The second kappa shape index (κ2) is 6.22. The van der Waals surface area contributed by atoms with Crippen LogP contribution in [0.2, 0.25) is 5.02 Å². The van der Waals surface area contributed by atoms with Crippen molar-refractivity contribution in [1.82, 2.24) is 0 Å². The molecule has 2 nitrogen and oxygen atoms in total. The van der Waals surface area contributed by atoms with Crippen molar-refractivity contribution in [2.75, 3.05) is 0 Å². The smallest absolute Gasteiger partial charge is 0.311 e. The minimum Gasteiger partial charge on any atom is -0.425 e. The lowest BCUT2D eigenvalue weighted by Crippen LogP contribution is -2.09. The minimum absolute atomic E-state index is 0.271. The summed E-state index contributed by atoms with van der Waals surface area (Å²) in [5, 5.41) is 0.450. The number of carbonyl (C=O) groups is 1. The zero-order valence-electron chi connectivity index (χ0n) is 9.80. The summed E-state index contributed by atoms with van der Waals surface area (Å²) in [5.74, 6) is 0.143. The van der Waals surface area contributed by atoms with E-state index < -0.39 is 0 Å². The van der Waals surface area contributed by atoms with Crippen LogP contribution in [0.5, 0.6) is 5.75 Å². The molecule has 0 saturated heterocycles. The van der Waals surface area contributed by atoms with E-state index in [1.54, 1.807) is 24.3 Å². The Morgan fingerprint density at radius 3 is 2.39 bits per heavy atom. The van der Waals surface area contributed by atoms with Gasteiger partial charge in [-0.3, -0.25) is 4.79 Å². The van der Waals surface area contributed by atoms with Gasteiger partial charge >= 0.3 is 5.97 Å². The Morgan fingerprint density at radius 2 is 1.67 bits per heavy atom. The third kappa shape index (κ3) is 3.60. The normalized spacial score (nSPS) is 10.1. The Labute approximate surface area is 111 Å². The molecule has 0 spiro atoms. The summed E-state index contributed by atoms with van der Waals surface area (Å²) in [4.78, 5) is 11.7. The highest BCUT2D eigenvalue weighted by Gasteiger charge is 2.07. The van der Waals surface area contributed by atoms with Crippen LogP contribution in [0.1, 0.15) is 12.0 Å². The molecule has 0 aliphatic carbocycles. The molecule has 0 unspecified atom stereocenters. The van der Waals surface area contributed by atoms with Gasteiger partial charge in [-0.15, -0.1) is 0 Å². The number of benzene rings is 2. The molecule has 0 saturated carbocycles. The summed E-state index contributed by atoms with van der Waals surface area (Å²) in [6, 6.07) is 16.8. The molecule has 0 heterocycles. The maximum atomic E-state index is 11.7. The summed E-state index contributed by atoms with van der Waals surface area (Å²) in [6.07, 6.45) is 1.01. The van der Waals surface area contributed by atoms with Crippen molar-refractivity contribution in [3.63, 3.8) is 0 Å². The third-order valence-electron chi connectivity index (χ3n) is 2.52. The molecule has 0 amide bonds. The van der Waals surface area contributed by atoms with Gasteiger partial charge in [0.05, 0.1) is 5.02 Å². The van der Waals surface area contributed by atoms with E-state index in [1.165, 1.54) is 0 Å². The Bertz CT molecular complexity index is 523. The Morgan fingerprint density at radius 1 is 1.00 bits per heavy atom. The van der Waals surface area contributed by atoms with E-state index in [0.717, 1.165) is 5.56 Å². The molecular weight excluding hydrogens is 248 g/mol. The molecular formula is C15H13ClO2.